The molecule has 0 unspecified atom stereocenters. The molecule has 0 saturated heterocycles. The van der Waals surface area contributed by atoms with E-state index in [9.17, 15) is 9.59 Å². The minimum Gasteiger partial charge on any atom is -0.325 e. The van der Waals surface area contributed by atoms with Crippen molar-refractivity contribution in [2.45, 2.75) is 6.42 Å². The van der Waals surface area contributed by atoms with Gasteiger partial charge >= 0.3 is 0 Å². The van der Waals surface area contributed by atoms with Crippen LogP contribution in [0, 0.1) is 11.3 Å². The van der Waals surface area contributed by atoms with E-state index < -0.39 is 5.91 Å². The maximum absolute atomic E-state index is 12.0. The van der Waals surface area contributed by atoms with E-state index in [-0.39, 0.29) is 12.3 Å². The normalized spacial score (nSPS) is 9.48. The Morgan fingerprint density at radius 3 is 2.43 bits per heavy atom. The van der Waals surface area contributed by atoms with Crippen LogP contribution in [0.2, 0.25) is 0 Å². The lowest BCUT2D eigenvalue weighted by Gasteiger charge is -2.08. The first-order valence-electron chi connectivity index (χ1n) is 6.17. The molecule has 0 aliphatic rings. The molecule has 0 aliphatic heterocycles. The summed E-state index contributed by atoms with van der Waals surface area (Å²) in [5, 5.41) is 13.7. The molecule has 0 fully saturated rings. The molecule has 0 saturated carbocycles. The third-order valence-electron chi connectivity index (χ3n) is 2.59. The SMILES string of the molecule is N#CCC(=O)Nc1cccc(NC(=O)c2ccncc2)c1. The highest BCUT2D eigenvalue weighted by molar-refractivity contribution is 6.04. The fraction of sp³-hybridized carbons (Fsp3) is 0.0667. The van der Waals surface area contributed by atoms with Crippen molar-refractivity contribution in [2.75, 3.05) is 10.6 Å². The largest absolute Gasteiger partial charge is 0.325 e. The summed E-state index contributed by atoms with van der Waals surface area (Å²) in [6.45, 7) is 0. The van der Waals surface area contributed by atoms with E-state index in [0.29, 0.717) is 16.9 Å². The molecule has 21 heavy (non-hydrogen) atoms. The number of nitriles is 1. The third kappa shape index (κ3) is 4.14. The predicted octanol–water partition coefficient (Wildman–Crippen LogP) is 2.19. The molecule has 1 heterocycles. The summed E-state index contributed by atoms with van der Waals surface area (Å²) in [5.41, 5.74) is 1.55. The summed E-state index contributed by atoms with van der Waals surface area (Å²) in [5.74, 6) is -0.659. The Morgan fingerprint density at radius 1 is 1.10 bits per heavy atom. The fourth-order valence-electron chi connectivity index (χ4n) is 1.66. The van der Waals surface area contributed by atoms with E-state index in [1.807, 2.05) is 0 Å². The van der Waals surface area contributed by atoms with Gasteiger partial charge in [-0.1, -0.05) is 6.07 Å². The zero-order chi connectivity index (χ0) is 15.1. The molecule has 2 N–H and O–H groups in total. The van der Waals surface area contributed by atoms with E-state index >= 15 is 0 Å². The molecule has 2 amide bonds. The lowest BCUT2D eigenvalue weighted by atomic mass is 10.2. The number of carbonyl (C=O) groups excluding carboxylic acids is 2. The van der Waals surface area contributed by atoms with Gasteiger partial charge in [-0.15, -0.1) is 0 Å². The molecule has 2 aromatic rings. The lowest BCUT2D eigenvalue weighted by molar-refractivity contribution is -0.115. The molecule has 0 atom stereocenters. The van der Waals surface area contributed by atoms with Crippen LogP contribution in [0.4, 0.5) is 11.4 Å². The Morgan fingerprint density at radius 2 is 1.76 bits per heavy atom. The Bertz CT molecular complexity index is 692. The molecular formula is C15H12N4O2. The molecular weight excluding hydrogens is 268 g/mol. The van der Waals surface area contributed by atoms with Crippen LogP contribution >= 0.6 is 0 Å². The highest BCUT2D eigenvalue weighted by Crippen LogP contribution is 2.16. The molecule has 2 rings (SSSR count). The zero-order valence-electron chi connectivity index (χ0n) is 11.0. The Hall–Kier alpha value is -3.20. The van der Waals surface area contributed by atoms with Gasteiger partial charge in [-0.3, -0.25) is 14.6 Å². The average Bonchev–Trinajstić information content (AvgIpc) is 2.48. The maximum Gasteiger partial charge on any atom is 0.255 e. The fourth-order valence-corrected chi connectivity index (χ4v) is 1.66. The van der Waals surface area contributed by atoms with Crippen LogP contribution in [0.3, 0.4) is 0 Å². The number of benzene rings is 1. The molecule has 1 aromatic heterocycles. The number of rotatable bonds is 4. The first-order chi connectivity index (χ1) is 10.2. The molecule has 1 aromatic carbocycles. The van der Waals surface area contributed by atoms with Crippen LogP contribution in [0.1, 0.15) is 16.8 Å². The van der Waals surface area contributed by atoms with Gasteiger partial charge in [-0.25, -0.2) is 0 Å². The maximum atomic E-state index is 12.0. The molecule has 104 valence electrons. The van der Waals surface area contributed by atoms with Crippen molar-refractivity contribution in [3.63, 3.8) is 0 Å². The van der Waals surface area contributed by atoms with Gasteiger partial charge in [-0.05, 0) is 30.3 Å². The van der Waals surface area contributed by atoms with Gasteiger partial charge in [0.25, 0.3) is 5.91 Å². The number of nitrogens with zero attached hydrogens (tertiary/aromatic N) is 2. The minimum atomic E-state index is -0.393. The summed E-state index contributed by atoms with van der Waals surface area (Å²) in [7, 11) is 0. The third-order valence-corrected chi connectivity index (χ3v) is 2.59. The van der Waals surface area contributed by atoms with E-state index in [0.717, 1.165) is 0 Å². The quantitative estimate of drug-likeness (QED) is 0.897. The van der Waals surface area contributed by atoms with Crippen LogP contribution in [0.15, 0.2) is 48.8 Å². The van der Waals surface area contributed by atoms with E-state index in [1.165, 1.54) is 12.4 Å². The van der Waals surface area contributed by atoms with Crippen LogP contribution in [-0.2, 0) is 4.79 Å². The molecule has 0 spiro atoms. The number of amides is 2. The highest BCUT2D eigenvalue weighted by Gasteiger charge is 2.06. The number of nitrogens with one attached hydrogen (secondary N) is 2. The van der Waals surface area contributed by atoms with Crippen molar-refractivity contribution in [1.29, 1.82) is 5.26 Å². The second kappa shape index (κ2) is 6.82. The molecule has 6 heteroatoms. The standard InChI is InChI=1S/C15H12N4O2/c16-7-4-14(20)18-12-2-1-3-13(10-12)19-15(21)11-5-8-17-9-6-11/h1-3,5-6,8-10H,4H2,(H,18,20)(H,19,21). The Kier molecular flexibility index (Phi) is 4.62. The monoisotopic (exact) mass is 280 g/mol. The van der Waals surface area contributed by atoms with Gasteiger partial charge in [0.05, 0.1) is 6.07 Å². The van der Waals surface area contributed by atoms with Gasteiger partial charge in [0.2, 0.25) is 5.91 Å². The van der Waals surface area contributed by atoms with Crippen LogP contribution in [-0.4, -0.2) is 16.8 Å². The smallest absolute Gasteiger partial charge is 0.255 e. The number of aromatic nitrogens is 1. The molecule has 0 aliphatic carbocycles. The van der Waals surface area contributed by atoms with Crippen LogP contribution in [0.25, 0.3) is 0 Å². The Balaban J connectivity index is 2.06. The van der Waals surface area contributed by atoms with Gasteiger partial charge in [0.15, 0.2) is 0 Å². The number of hydrogen-bond donors (Lipinski definition) is 2. The summed E-state index contributed by atoms with van der Waals surface area (Å²) >= 11 is 0. The van der Waals surface area contributed by atoms with E-state index in [2.05, 4.69) is 15.6 Å². The second-order valence-electron chi connectivity index (χ2n) is 4.15. The summed E-state index contributed by atoms with van der Waals surface area (Å²) in [6, 6.07) is 11.7. The molecule has 0 radical (unpaired) electrons. The minimum absolute atomic E-state index is 0.215. The first-order valence-corrected chi connectivity index (χ1v) is 6.17. The molecule has 6 nitrogen and oxygen atoms in total. The topological polar surface area (TPSA) is 94.9 Å². The Labute approximate surface area is 121 Å². The van der Waals surface area contributed by atoms with Gasteiger partial charge < -0.3 is 10.6 Å². The van der Waals surface area contributed by atoms with Crippen molar-refractivity contribution < 1.29 is 9.59 Å². The number of pyridine rings is 1. The summed E-state index contributed by atoms with van der Waals surface area (Å²) in [6.07, 6.45) is 2.86. The number of hydrogen-bond acceptors (Lipinski definition) is 4. The highest BCUT2D eigenvalue weighted by atomic mass is 16.2. The summed E-state index contributed by atoms with van der Waals surface area (Å²) in [4.78, 5) is 27.2. The van der Waals surface area contributed by atoms with Crippen molar-refractivity contribution in [1.82, 2.24) is 4.98 Å². The van der Waals surface area contributed by atoms with Gasteiger partial charge in [-0.2, -0.15) is 5.26 Å². The van der Waals surface area contributed by atoms with E-state index in [4.69, 9.17) is 5.26 Å². The zero-order valence-corrected chi connectivity index (χ0v) is 11.0. The summed E-state index contributed by atoms with van der Waals surface area (Å²) < 4.78 is 0. The number of carbonyl (C=O) groups is 2. The van der Waals surface area contributed by atoms with Crippen molar-refractivity contribution in [2.24, 2.45) is 0 Å². The predicted molar refractivity (Wildman–Crippen MR) is 77.5 cm³/mol. The van der Waals surface area contributed by atoms with Crippen LogP contribution in [0.5, 0.6) is 0 Å². The first kappa shape index (κ1) is 14.2. The van der Waals surface area contributed by atoms with Gasteiger partial charge in [0, 0.05) is 29.3 Å². The van der Waals surface area contributed by atoms with Crippen molar-refractivity contribution in [3.05, 3.63) is 54.4 Å². The molecule has 0 bridgehead atoms. The van der Waals surface area contributed by atoms with E-state index in [1.54, 1.807) is 42.5 Å². The van der Waals surface area contributed by atoms with Crippen LogP contribution < -0.4 is 10.6 Å². The average molecular weight is 280 g/mol. The number of anilines is 2. The van der Waals surface area contributed by atoms with Gasteiger partial charge in [0.1, 0.15) is 6.42 Å². The second-order valence-corrected chi connectivity index (χ2v) is 4.15. The van der Waals surface area contributed by atoms with Crippen molar-refractivity contribution >= 4 is 23.2 Å². The lowest BCUT2D eigenvalue weighted by Crippen LogP contribution is -2.13. The van der Waals surface area contributed by atoms with Crippen molar-refractivity contribution in [3.8, 4) is 6.07 Å².